The van der Waals surface area contributed by atoms with Gasteiger partial charge in [-0.3, -0.25) is 0 Å². The van der Waals surface area contributed by atoms with E-state index in [9.17, 15) is 0 Å². The lowest BCUT2D eigenvalue weighted by atomic mass is 10.1. The Bertz CT molecular complexity index is 1110. The van der Waals surface area contributed by atoms with E-state index in [0.717, 1.165) is 41.0 Å². The Labute approximate surface area is 181 Å². The Morgan fingerprint density at radius 2 is 1.63 bits per heavy atom. The van der Waals surface area contributed by atoms with Crippen LogP contribution in [-0.2, 0) is 18.7 Å². The summed E-state index contributed by atoms with van der Waals surface area (Å²) in [6.45, 7) is 2.93. The Hall–Kier alpha value is -3.05. The van der Waals surface area contributed by atoms with Gasteiger partial charge in [0.05, 0.1) is 12.7 Å². The molecule has 0 fully saturated rings. The van der Waals surface area contributed by atoms with Gasteiger partial charge < -0.3 is 9.30 Å². The molecule has 4 nitrogen and oxygen atoms in total. The molecule has 0 atom stereocenters. The average Bonchev–Trinajstić information content (AvgIpc) is 3.19. The number of para-hydroxylation sites is 1. The lowest BCUT2D eigenvalue weighted by Crippen LogP contribution is -2.06. The van der Waals surface area contributed by atoms with Gasteiger partial charge in [-0.1, -0.05) is 84.1 Å². The molecule has 0 amide bonds. The lowest BCUT2D eigenvalue weighted by molar-refractivity contribution is 0.415. The summed E-state index contributed by atoms with van der Waals surface area (Å²) in [7, 11) is 1.69. The summed E-state index contributed by atoms with van der Waals surface area (Å²) in [6.07, 6.45) is 0.916. The molecule has 152 valence electrons. The topological polar surface area (TPSA) is 39.9 Å². The molecule has 0 aliphatic heterocycles. The summed E-state index contributed by atoms with van der Waals surface area (Å²) in [4.78, 5) is 0. The summed E-state index contributed by atoms with van der Waals surface area (Å²) >= 11 is 1.72. The van der Waals surface area contributed by atoms with Gasteiger partial charge >= 0.3 is 0 Å². The molecule has 4 aromatic rings. The fourth-order valence-corrected chi connectivity index (χ4v) is 4.37. The fourth-order valence-electron chi connectivity index (χ4n) is 3.46. The number of thioether (sulfide) groups is 1. The second-order valence-corrected chi connectivity index (χ2v) is 8.11. The van der Waals surface area contributed by atoms with E-state index >= 15 is 0 Å². The Balaban J connectivity index is 1.64. The molecule has 0 aliphatic rings. The summed E-state index contributed by atoms with van der Waals surface area (Å²) in [6, 6.07) is 27.1. The van der Waals surface area contributed by atoms with Crippen molar-refractivity contribution >= 4 is 11.8 Å². The Morgan fingerprint density at radius 3 is 2.43 bits per heavy atom. The maximum absolute atomic E-state index is 5.58. The van der Waals surface area contributed by atoms with E-state index in [1.54, 1.807) is 18.9 Å². The minimum Gasteiger partial charge on any atom is -0.496 e. The summed E-state index contributed by atoms with van der Waals surface area (Å²) in [5.41, 5.74) is 4.82. The molecule has 5 heteroatoms. The van der Waals surface area contributed by atoms with Crippen molar-refractivity contribution in [1.29, 1.82) is 0 Å². The van der Waals surface area contributed by atoms with Crippen LogP contribution >= 0.6 is 11.8 Å². The van der Waals surface area contributed by atoms with Crippen molar-refractivity contribution in [2.45, 2.75) is 30.8 Å². The third-order valence-electron chi connectivity index (χ3n) is 4.98. The number of ether oxygens (including phenoxy) is 1. The zero-order valence-corrected chi connectivity index (χ0v) is 18.1. The molecular weight excluding hydrogens is 390 g/mol. The number of benzene rings is 3. The number of methoxy groups -OCH3 is 1. The van der Waals surface area contributed by atoms with Crippen molar-refractivity contribution in [2.24, 2.45) is 0 Å². The maximum atomic E-state index is 5.58. The van der Waals surface area contributed by atoms with Crippen LogP contribution in [0.1, 0.15) is 16.7 Å². The highest BCUT2D eigenvalue weighted by molar-refractivity contribution is 7.98. The highest BCUT2D eigenvalue weighted by Gasteiger charge is 2.17. The average molecular weight is 416 g/mol. The zero-order chi connectivity index (χ0) is 20.8. The predicted molar refractivity (Wildman–Crippen MR) is 123 cm³/mol. The third kappa shape index (κ3) is 4.74. The molecule has 0 spiro atoms. The molecule has 1 heterocycles. The zero-order valence-electron chi connectivity index (χ0n) is 17.3. The van der Waals surface area contributed by atoms with E-state index in [2.05, 4.69) is 70.2 Å². The second-order valence-electron chi connectivity index (χ2n) is 7.17. The van der Waals surface area contributed by atoms with Gasteiger partial charge in [0, 0.05) is 12.3 Å². The van der Waals surface area contributed by atoms with E-state index in [1.807, 2.05) is 30.3 Å². The molecule has 0 saturated carbocycles. The quantitative estimate of drug-likeness (QED) is 0.341. The van der Waals surface area contributed by atoms with Gasteiger partial charge in [0.15, 0.2) is 11.0 Å². The van der Waals surface area contributed by atoms with Crippen molar-refractivity contribution in [3.8, 4) is 17.1 Å². The van der Waals surface area contributed by atoms with Crippen LogP contribution in [0.25, 0.3) is 11.4 Å². The van der Waals surface area contributed by atoms with Crippen molar-refractivity contribution < 1.29 is 4.74 Å². The minimum absolute atomic E-state index is 0.806. The van der Waals surface area contributed by atoms with Crippen LogP contribution in [0.5, 0.6) is 5.75 Å². The number of rotatable bonds is 8. The minimum atomic E-state index is 0.806. The van der Waals surface area contributed by atoms with Crippen molar-refractivity contribution in [3.05, 3.63) is 95.6 Å². The molecule has 1 aromatic heterocycles. The van der Waals surface area contributed by atoms with Crippen LogP contribution in [0.4, 0.5) is 0 Å². The van der Waals surface area contributed by atoms with Gasteiger partial charge in [0.2, 0.25) is 0 Å². The molecule has 0 aliphatic carbocycles. The molecule has 0 N–H and O–H groups in total. The highest BCUT2D eigenvalue weighted by atomic mass is 32.2. The van der Waals surface area contributed by atoms with Crippen LogP contribution in [0, 0.1) is 6.92 Å². The van der Waals surface area contributed by atoms with Gasteiger partial charge in [0.1, 0.15) is 5.75 Å². The number of nitrogens with zero attached hydrogens (tertiary/aromatic N) is 3. The summed E-state index contributed by atoms with van der Waals surface area (Å²) in [5, 5.41) is 10.0. The van der Waals surface area contributed by atoms with Crippen molar-refractivity contribution in [1.82, 2.24) is 14.8 Å². The smallest absolute Gasteiger partial charge is 0.191 e. The van der Waals surface area contributed by atoms with E-state index in [4.69, 9.17) is 4.74 Å². The van der Waals surface area contributed by atoms with Crippen molar-refractivity contribution in [2.75, 3.05) is 7.11 Å². The van der Waals surface area contributed by atoms with Gasteiger partial charge in [0.25, 0.3) is 0 Å². The molecule has 30 heavy (non-hydrogen) atoms. The van der Waals surface area contributed by atoms with Crippen LogP contribution < -0.4 is 4.74 Å². The molecule has 0 unspecified atom stereocenters. The number of aryl methyl sites for hydroxylation is 2. The summed E-state index contributed by atoms with van der Waals surface area (Å²) < 4.78 is 7.79. The van der Waals surface area contributed by atoms with Gasteiger partial charge in [-0.25, -0.2) is 0 Å². The highest BCUT2D eigenvalue weighted by Crippen LogP contribution is 2.32. The normalized spacial score (nSPS) is 10.9. The first-order valence-corrected chi connectivity index (χ1v) is 11.0. The number of hydrogen-bond acceptors (Lipinski definition) is 4. The van der Waals surface area contributed by atoms with Crippen molar-refractivity contribution in [3.63, 3.8) is 0 Å². The largest absolute Gasteiger partial charge is 0.496 e. The maximum Gasteiger partial charge on any atom is 0.191 e. The first-order valence-electron chi connectivity index (χ1n) is 10.0. The van der Waals surface area contributed by atoms with Crippen LogP contribution in [0.3, 0.4) is 0 Å². The van der Waals surface area contributed by atoms with E-state index in [0.29, 0.717) is 0 Å². The third-order valence-corrected chi connectivity index (χ3v) is 6.02. The molecule has 4 rings (SSSR count). The van der Waals surface area contributed by atoms with Gasteiger partial charge in [-0.05, 0) is 36.6 Å². The van der Waals surface area contributed by atoms with Crippen LogP contribution in [-0.4, -0.2) is 21.9 Å². The lowest BCUT2D eigenvalue weighted by Gasteiger charge is -2.12. The fraction of sp³-hybridized carbons (Fsp3) is 0.200. The first kappa shape index (κ1) is 20.2. The monoisotopic (exact) mass is 415 g/mol. The Morgan fingerprint density at radius 1 is 0.867 bits per heavy atom. The molecular formula is C25H25N3OS. The SMILES string of the molecule is COc1ccccc1-c1nnc(SCc2cccc(C)c2)n1CCc1ccccc1. The molecule has 0 bridgehead atoms. The van der Waals surface area contributed by atoms with Crippen LogP contribution in [0.15, 0.2) is 84.0 Å². The second kappa shape index (κ2) is 9.63. The predicted octanol–water partition coefficient (Wildman–Crippen LogP) is 5.80. The van der Waals surface area contributed by atoms with E-state index in [1.165, 1.54) is 16.7 Å². The molecule has 3 aromatic carbocycles. The van der Waals surface area contributed by atoms with Gasteiger partial charge in [-0.2, -0.15) is 0 Å². The first-order chi connectivity index (χ1) is 14.7. The van der Waals surface area contributed by atoms with E-state index in [-0.39, 0.29) is 0 Å². The van der Waals surface area contributed by atoms with Crippen LogP contribution in [0.2, 0.25) is 0 Å². The van der Waals surface area contributed by atoms with Gasteiger partial charge in [-0.15, -0.1) is 10.2 Å². The molecule has 0 radical (unpaired) electrons. The number of hydrogen-bond donors (Lipinski definition) is 0. The van der Waals surface area contributed by atoms with E-state index < -0.39 is 0 Å². The Kier molecular flexibility index (Phi) is 6.50. The molecule has 0 saturated heterocycles. The standard InChI is InChI=1S/C25H25N3OS/c1-19-9-8-12-21(17-19)18-30-25-27-26-24(22-13-6-7-14-23(22)29-2)28(25)16-15-20-10-4-3-5-11-20/h3-14,17H,15-16,18H2,1-2H3. The number of aromatic nitrogens is 3. The summed E-state index contributed by atoms with van der Waals surface area (Å²) in [5.74, 6) is 2.51.